The third-order valence-electron chi connectivity index (χ3n) is 3.65. The highest BCUT2D eigenvalue weighted by molar-refractivity contribution is 7.80. The van der Waals surface area contributed by atoms with E-state index in [1.165, 1.54) is 0 Å². The van der Waals surface area contributed by atoms with Crippen molar-refractivity contribution in [2.24, 2.45) is 5.73 Å². The average molecular weight is 280 g/mol. The van der Waals surface area contributed by atoms with Gasteiger partial charge in [0.15, 0.2) is 0 Å². The Morgan fingerprint density at radius 2 is 2.05 bits per heavy atom. The third-order valence-corrected chi connectivity index (χ3v) is 3.87. The lowest BCUT2D eigenvalue weighted by molar-refractivity contribution is 0.0351. The molecule has 0 aliphatic carbocycles. The van der Waals surface area contributed by atoms with Crippen molar-refractivity contribution in [3.63, 3.8) is 0 Å². The second-order valence-corrected chi connectivity index (χ2v) is 5.67. The molecular formula is C14H20N2O2S. The molecule has 0 radical (unpaired) electrons. The number of aliphatic hydroxyl groups is 1. The smallest absolute Gasteiger partial charge is 0.120 e. The van der Waals surface area contributed by atoms with Gasteiger partial charge in [0.25, 0.3) is 0 Å². The molecular weight excluding hydrogens is 260 g/mol. The molecule has 19 heavy (non-hydrogen) atoms. The van der Waals surface area contributed by atoms with E-state index in [-0.39, 0.29) is 0 Å². The summed E-state index contributed by atoms with van der Waals surface area (Å²) in [6.07, 6.45) is 1.47. The van der Waals surface area contributed by atoms with Crippen molar-refractivity contribution in [3.05, 3.63) is 23.8 Å². The molecule has 0 spiro atoms. The van der Waals surface area contributed by atoms with Crippen molar-refractivity contribution >= 4 is 22.9 Å². The van der Waals surface area contributed by atoms with Gasteiger partial charge in [0.1, 0.15) is 10.7 Å². The summed E-state index contributed by atoms with van der Waals surface area (Å²) >= 11 is 5.10. The fourth-order valence-electron chi connectivity index (χ4n) is 2.34. The van der Waals surface area contributed by atoms with Crippen molar-refractivity contribution < 1.29 is 9.84 Å². The second kappa shape index (κ2) is 5.35. The minimum Gasteiger partial charge on any atom is -0.497 e. The molecule has 0 bridgehead atoms. The van der Waals surface area contributed by atoms with Gasteiger partial charge in [-0.25, -0.2) is 0 Å². The standard InChI is InChI=1S/C14H20N2O2S/c1-14(17)5-7-16(8-6-14)12-9-10(18-2)3-4-11(12)13(15)19/h3-4,9,17H,5-8H2,1-2H3,(H2,15,19). The summed E-state index contributed by atoms with van der Waals surface area (Å²) in [5.74, 6) is 0.785. The maximum Gasteiger partial charge on any atom is 0.120 e. The molecule has 0 aromatic heterocycles. The normalized spacial score (nSPS) is 18.2. The van der Waals surface area contributed by atoms with Crippen LogP contribution in [0.5, 0.6) is 5.75 Å². The maximum atomic E-state index is 10.0. The summed E-state index contributed by atoms with van der Waals surface area (Å²) in [6.45, 7) is 3.45. The first kappa shape index (κ1) is 14.1. The van der Waals surface area contributed by atoms with Crippen molar-refractivity contribution in [3.8, 4) is 5.75 Å². The first-order chi connectivity index (χ1) is 8.93. The van der Waals surface area contributed by atoms with Gasteiger partial charge in [-0.15, -0.1) is 0 Å². The molecule has 5 heteroatoms. The predicted octanol–water partition coefficient (Wildman–Crippen LogP) is 1.68. The summed E-state index contributed by atoms with van der Waals surface area (Å²) in [5.41, 5.74) is 7.06. The molecule has 0 amide bonds. The quantitative estimate of drug-likeness (QED) is 0.825. The number of rotatable bonds is 3. The molecule has 1 aromatic carbocycles. The number of anilines is 1. The minimum atomic E-state index is -0.571. The van der Waals surface area contributed by atoms with Gasteiger partial charge in [-0.2, -0.15) is 0 Å². The Kier molecular flexibility index (Phi) is 3.96. The van der Waals surface area contributed by atoms with Crippen molar-refractivity contribution in [2.45, 2.75) is 25.4 Å². The molecule has 1 fully saturated rings. The first-order valence-electron chi connectivity index (χ1n) is 6.38. The number of hydrogen-bond acceptors (Lipinski definition) is 4. The van der Waals surface area contributed by atoms with Crippen LogP contribution in [-0.2, 0) is 0 Å². The van der Waals surface area contributed by atoms with E-state index in [9.17, 15) is 5.11 Å². The van der Waals surface area contributed by atoms with Crippen LogP contribution in [0.25, 0.3) is 0 Å². The number of thiocarbonyl (C=S) groups is 1. The van der Waals surface area contributed by atoms with Crippen LogP contribution in [0.2, 0.25) is 0 Å². The number of benzene rings is 1. The molecule has 1 aromatic rings. The zero-order valence-electron chi connectivity index (χ0n) is 11.3. The molecule has 4 nitrogen and oxygen atoms in total. The SMILES string of the molecule is COc1ccc(C(N)=S)c(N2CCC(C)(O)CC2)c1. The Morgan fingerprint density at radius 3 is 2.58 bits per heavy atom. The van der Waals surface area contributed by atoms with Crippen LogP contribution in [0.3, 0.4) is 0 Å². The van der Waals surface area contributed by atoms with Crippen LogP contribution in [-0.4, -0.2) is 35.9 Å². The van der Waals surface area contributed by atoms with Gasteiger partial charge in [-0.05, 0) is 31.9 Å². The van der Waals surface area contributed by atoms with E-state index in [0.29, 0.717) is 4.99 Å². The Morgan fingerprint density at radius 1 is 1.42 bits per heavy atom. The first-order valence-corrected chi connectivity index (χ1v) is 6.79. The Balaban J connectivity index is 2.30. The Labute approximate surface area is 119 Å². The Bertz CT molecular complexity index is 478. The fourth-order valence-corrected chi connectivity index (χ4v) is 2.51. The van der Waals surface area contributed by atoms with Gasteiger partial charge in [0, 0.05) is 24.7 Å². The summed E-state index contributed by atoms with van der Waals surface area (Å²) in [7, 11) is 1.64. The van der Waals surface area contributed by atoms with Gasteiger partial charge in [-0.1, -0.05) is 12.2 Å². The largest absolute Gasteiger partial charge is 0.497 e. The topological polar surface area (TPSA) is 58.7 Å². The zero-order chi connectivity index (χ0) is 14.0. The molecule has 1 saturated heterocycles. The van der Waals surface area contributed by atoms with Crippen LogP contribution in [0, 0.1) is 0 Å². The number of nitrogens with two attached hydrogens (primary N) is 1. The van der Waals surface area contributed by atoms with E-state index in [2.05, 4.69) is 4.90 Å². The minimum absolute atomic E-state index is 0.384. The summed E-state index contributed by atoms with van der Waals surface area (Å²) in [6, 6.07) is 5.70. The molecule has 1 aliphatic heterocycles. The molecule has 1 aliphatic rings. The van der Waals surface area contributed by atoms with E-state index >= 15 is 0 Å². The van der Waals surface area contributed by atoms with Crippen LogP contribution >= 0.6 is 12.2 Å². The number of methoxy groups -OCH3 is 1. The molecule has 0 atom stereocenters. The van der Waals surface area contributed by atoms with Gasteiger partial charge < -0.3 is 20.5 Å². The van der Waals surface area contributed by atoms with Gasteiger partial charge in [-0.3, -0.25) is 0 Å². The van der Waals surface area contributed by atoms with Crippen LogP contribution in [0.1, 0.15) is 25.3 Å². The van der Waals surface area contributed by atoms with E-state index < -0.39 is 5.60 Å². The molecule has 0 saturated carbocycles. The predicted molar refractivity (Wildman–Crippen MR) is 81.0 cm³/mol. The summed E-state index contributed by atoms with van der Waals surface area (Å²) in [5, 5.41) is 10.0. The lowest BCUT2D eigenvalue weighted by Gasteiger charge is -2.38. The maximum absolute atomic E-state index is 10.0. The van der Waals surface area contributed by atoms with Gasteiger partial charge in [0.05, 0.1) is 18.4 Å². The monoisotopic (exact) mass is 280 g/mol. The number of nitrogens with zero attached hydrogens (tertiary/aromatic N) is 1. The molecule has 3 N–H and O–H groups in total. The molecule has 104 valence electrons. The second-order valence-electron chi connectivity index (χ2n) is 5.23. The van der Waals surface area contributed by atoms with Crippen molar-refractivity contribution in [1.82, 2.24) is 0 Å². The van der Waals surface area contributed by atoms with E-state index in [1.807, 2.05) is 25.1 Å². The van der Waals surface area contributed by atoms with E-state index in [1.54, 1.807) is 7.11 Å². The highest BCUT2D eigenvalue weighted by Crippen LogP contribution is 2.31. The molecule has 0 unspecified atom stereocenters. The average Bonchev–Trinajstić information content (AvgIpc) is 2.38. The summed E-state index contributed by atoms with van der Waals surface area (Å²) in [4.78, 5) is 2.59. The van der Waals surface area contributed by atoms with E-state index in [4.69, 9.17) is 22.7 Å². The lowest BCUT2D eigenvalue weighted by Crippen LogP contribution is -2.43. The number of ether oxygens (including phenoxy) is 1. The summed E-state index contributed by atoms with van der Waals surface area (Å²) < 4.78 is 5.26. The number of piperidine rings is 1. The Hall–Kier alpha value is -1.33. The van der Waals surface area contributed by atoms with Gasteiger partial charge >= 0.3 is 0 Å². The van der Waals surface area contributed by atoms with E-state index in [0.717, 1.165) is 42.9 Å². The third kappa shape index (κ3) is 3.16. The van der Waals surface area contributed by atoms with Crippen LogP contribution in [0.15, 0.2) is 18.2 Å². The van der Waals surface area contributed by atoms with Crippen LogP contribution in [0.4, 0.5) is 5.69 Å². The molecule has 2 rings (SSSR count). The van der Waals surface area contributed by atoms with Crippen LogP contribution < -0.4 is 15.4 Å². The zero-order valence-corrected chi connectivity index (χ0v) is 12.2. The molecule has 1 heterocycles. The van der Waals surface area contributed by atoms with Crippen molar-refractivity contribution in [1.29, 1.82) is 0 Å². The lowest BCUT2D eigenvalue weighted by atomic mass is 9.93. The highest BCUT2D eigenvalue weighted by Gasteiger charge is 2.28. The van der Waals surface area contributed by atoms with Gasteiger partial charge in [0.2, 0.25) is 0 Å². The number of hydrogen-bond donors (Lipinski definition) is 2. The highest BCUT2D eigenvalue weighted by atomic mass is 32.1. The van der Waals surface area contributed by atoms with Crippen molar-refractivity contribution in [2.75, 3.05) is 25.1 Å². The fraction of sp³-hybridized carbons (Fsp3) is 0.500.